The molecular formula is C21H28N4O4S2. The number of nitrogens with one attached hydrogen (secondary N) is 1. The molecule has 4 rings (SSSR count). The lowest BCUT2D eigenvalue weighted by Crippen LogP contribution is -2.44. The predicted molar refractivity (Wildman–Crippen MR) is 121 cm³/mol. The molecule has 0 amide bonds. The fourth-order valence-corrected chi connectivity index (χ4v) is 6.55. The third kappa shape index (κ3) is 4.72. The molecule has 0 saturated carbocycles. The van der Waals surface area contributed by atoms with Crippen molar-refractivity contribution in [3.8, 4) is 0 Å². The van der Waals surface area contributed by atoms with Crippen LogP contribution in [0.1, 0.15) is 12.8 Å². The molecule has 0 bridgehead atoms. The second-order valence-electron chi connectivity index (χ2n) is 8.00. The molecule has 0 unspecified atom stereocenters. The highest BCUT2D eigenvalue weighted by molar-refractivity contribution is 7.92. The Kier molecular flexibility index (Phi) is 6.25. The number of likely N-dealkylation sites (N-methyl/N-ethyl adjacent to an activating group) is 1. The number of sulfonamides is 2. The highest BCUT2D eigenvalue weighted by Gasteiger charge is 2.28. The average Bonchev–Trinajstić information content (AvgIpc) is 3.31. The minimum Gasteiger partial charge on any atom is -0.367 e. The minimum absolute atomic E-state index is 0.0288. The molecular weight excluding hydrogens is 436 g/mol. The molecule has 2 heterocycles. The van der Waals surface area contributed by atoms with Gasteiger partial charge in [0.2, 0.25) is 10.0 Å². The quantitative estimate of drug-likeness (QED) is 0.704. The van der Waals surface area contributed by atoms with E-state index in [1.54, 1.807) is 12.1 Å². The standard InChI is InChI=1S/C21H28N4O4S2/c1-23-14-16-24(17-15-23)21-7-3-2-6-20(21)22-30(26,27)18-8-10-19(11-9-18)31(28,29)25-12-4-5-13-25/h2-3,6-11,22H,4-5,12-17H2,1H3. The molecule has 168 valence electrons. The van der Waals surface area contributed by atoms with Gasteiger partial charge in [-0.25, -0.2) is 16.8 Å². The van der Waals surface area contributed by atoms with Gasteiger partial charge in [-0.15, -0.1) is 0 Å². The molecule has 0 aromatic heterocycles. The summed E-state index contributed by atoms with van der Waals surface area (Å²) in [5.74, 6) is 0. The van der Waals surface area contributed by atoms with E-state index < -0.39 is 20.0 Å². The smallest absolute Gasteiger partial charge is 0.261 e. The van der Waals surface area contributed by atoms with Gasteiger partial charge in [0.25, 0.3) is 10.0 Å². The van der Waals surface area contributed by atoms with Crippen molar-refractivity contribution in [2.24, 2.45) is 0 Å². The van der Waals surface area contributed by atoms with Gasteiger partial charge in [-0.1, -0.05) is 12.1 Å². The van der Waals surface area contributed by atoms with Crippen molar-refractivity contribution >= 4 is 31.4 Å². The summed E-state index contributed by atoms with van der Waals surface area (Å²) in [6.07, 6.45) is 1.70. The topological polar surface area (TPSA) is 90.0 Å². The lowest BCUT2D eigenvalue weighted by molar-refractivity contribution is 0.313. The summed E-state index contributed by atoms with van der Waals surface area (Å²) in [5, 5.41) is 0. The number of hydrogen-bond donors (Lipinski definition) is 1. The Morgan fingerprint density at radius 2 is 1.32 bits per heavy atom. The van der Waals surface area contributed by atoms with Crippen molar-refractivity contribution in [2.45, 2.75) is 22.6 Å². The molecule has 8 nitrogen and oxygen atoms in total. The lowest BCUT2D eigenvalue weighted by atomic mass is 10.2. The lowest BCUT2D eigenvalue weighted by Gasteiger charge is -2.35. The molecule has 0 aliphatic carbocycles. The average molecular weight is 465 g/mol. The zero-order valence-corrected chi connectivity index (χ0v) is 19.2. The van der Waals surface area contributed by atoms with Gasteiger partial charge in [0.15, 0.2) is 0 Å². The van der Waals surface area contributed by atoms with Crippen LogP contribution in [-0.2, 0) is 20.0 Å². The van der Waals surface area contributed by atoms with Crippen LogP contribution in [0, 0.1) is 0 Å². The van der Waals surface area contributed by atoms with Crippen LogP contribution in [0.2, 0.25) is 0 Å². The maximum atomic E-state index is 13.0. The van der Waals surface area contributed by atoms with E-state index in [4.69, 9.17) is 0 Å². The molecule has 31 heavy (non-hydrogen) atoms. The first-order valence-corrected chi connectivity index (χ1v) is 13.4. The molecule has 0 atom stereocenters. The molecule has 2 saturated heterocycles. The number of piperazine rings is 1. The monoisotopic (exact) mass is 464 g/mol. The maximum Gasteiger partial charge on any atom is 0.261 e. The van der Waals surface area contributed by atoms with Crippen LogP contribution in [0.25, 0.3) is 0 Å². The largest absolute Gasteiger partial charge is 0.367 e. The van der Waals surface area contributed by atoms with E-state index in [1.807, 2.05) is 12.1 Å². The first-order valence-electron chi connectivity index (χ1n) is 10.4. The van der Waals surface area contributed by atoms with Gasteiger partial charge < -0.3 is 9.80 Å². The zero-order valence-electron chi connectivity index (χ0n) is 17.6. The van der Waals surface area contributed by atoms with Crippen LogP contribution >= 0.6 is 0 Å². The highest BCUT2D eigenvalue weighted by atomic mass is 32.2. The summed E-state index contributed by atoms with van der Waals surface area (Å²) in [4.78, 5) is 4.55. The van der Waals surface area contributed by atoms with Crippen molar-refractivity contribution in [3.05, 3.63) is 48.5 Å². The van der Waals surface area contributed by atoms with Gasteiger partial charge in [-0.3, -0.25) is 4.72 Å². The molecule has 2 aromatic carbocycles. The summed E-state index contributed by atoms with van der Waals surface area (Å²) >= 11 is 0. The fourth-order valence-electron chi connectivity index (χ4n) is 3.96. The first-order chi connectivity index (χ1) is 14.8. The van der Waals surface area contributed by atoms with E-state index in [2.05, 4.69) is 21.6 Å². The number of anilines is 2. The Bertz CT molecular complexity index is 1120. The Morgan fingerprint density at radius 3 is 1.97 bits per heavy atom. The number of hydrogen-bond acceptors (Lipinski definition) is 6. The van der Waals surface area contributed by atoms with Crippen molar-refractivity contribution in [2.75, 3.05) is 55.9 Å². The van der Waals surface area contributed by atoms with Crippen molar-refractivity contribution in [3.63, 3.8) is 0 Å². The normalized spacial score (nSPS) is 18.9. The molecule has 1 N–H and O–H groups in total. The summed E-state index contributed by atoms with van der Waals surface area (Å²) < 4.78 is 55.5. The van der Waals surface area contributed by atoms with Crippen molar-refractivity contribution in [1.29, 1.82) is 0 Å². The summed E-state index contributed by atoms with van der Waals surface area (Å²) in [5.41, 5.74) is 1.35. The van der Waals surface area contributed by atoms with Crippen molar-refractivity contribution in [1.82, 2.24) is 9.21 Å². The molecule has 10 heteroatoms. The third-order valence-corrected chi connectivity index (χ3v) is 9.12. The van der Waals surface area contributed by atoms with E-state index in [-0.39, 0.29) is 9.79 Å². The van der Waals surface area contributed by atoms with E-state index in [0.717, 1.165) is 44.7 Å². The summed E-state index contributed by atoms with van der Waals surface area (Å²) in [6, 6.07) is 12.8. The van der Waals surface area contributed by atoms with Crippen LogP contribution in [0.3, 0.4) is 0 Å². The molecule has 2 aliphatic rings. The zero-order chi connectivity index (χ0) is 22.1. The number of rotatable bonds is 6. The SMILES string of the molecule is CN1CCN(c2ccccc2NS(=O)(=O)c2ccc(S(=O)(=O)N3CCCC3)cc2)CC1. The van der Waals surface area contributed by atoms with Gasteiger partial charge in [0.1, 0.15) is 0 Å². The Balaban J connectivity index is 1.55. The molecule has 2 aromatic rings. The minimum atomic E-state index is -3.86. The molecule has 2 fully saturated rings. The van der Waals surface area contributed by atoms with E-state index in [0.29, 0.717) is 18.8 Å². The Hall–Kier alpha value is -2.14. The number of benzene rings is 2. The van der Waals surface area contributed by atoms with E-state index in [1.165, 1.54) is 28.6 Å². The molecule has 2 aliphatic heterocycles. The third-order valence-electron chi connectivity index (χ3n) is 5.83. The van der Waals surface area contributed by atoms with Gasteiger partial charge in [-0.05, 0) is 56.3 Å². The molecule has 0 spiro atoms. The summed E-state index contributed by atoms with van der Waals surface area (Å²) in [6.45, 7) is 4.47. The first kappa shape index (κ1) is 22.1. The number of para-hydroxylation sites is 2. The van der Waals surface area contributed by atoms with Crippen LogP contribution in [0.4, 0.5) is 11.4 Å². The summed E-state index contributed by atoms with van der Waals surface area (Å²) in [7, 11) is -5.37. The van der Waals surface area contributed by atoms with E-state index >= 15 is 0 Å². The number of nitrogens with zero attached hydrogens (tertiary/aromatic N) is 3. The predicted octanol–water partition coefficient (Wildman–Crippen LogP) is 2.02. The molecule has 0 radical (unpaired) electrons. The Labute approximate surface area is 184 Å². The second-order valence-corrected chi connectivity index (χ2v) is 11.6. The van der Waals surface area contributed by atoms with Crippen LogP contribution in [0.15, 0.2) is 58.3 Å². The van der Waals surface area contributed by atoms with E-state index in [9.17, 15) is 16.8 Å². The van der Waals surface area contributed by atoms with Gasteiger partial charge in [0, 0.05) is 39.3 Å². The Morgan fingerprint density at radius 1 is 0.742 bits per heavy atom. The van der Waals surface area contributed by atoms with Crippen LogP contribution < -0.4 is 9.62 Å². The second kappa shape index (κ2) is 8.78. The van der Waals surface area contributed by atoms with Crippen LogP contribution in [-0.4, -0.2) is 72.4 Å². The van der Waals surface area contributed by atoms with Crippen molar-refractivity contribution < 1.29 is 16.8 Å². The maximum absolute atomic E-state index is 13.0. The fraction of sp³-hybridized carbons (Fsp3) is 0.429. The highest BCUT2D eigenvalue weighted by Crippen LogP contribution is 2.29. The van der Waals surface area contributed by atoms with Gasteiger partial charge in [-0.2, -0.15) is 4.31 Å². The van der Waals surface area contributed by atoms with Crippen LogP contribution in [0.5, 0.6) is 0 Å². The van der Waals surface area contributed by atoms with Gasteiger partial charge in [0.05, 0.1) is 21.2 Å². The van der Waals surface area contributed by atoms with Gasteiger partial charge >= 0.3 is 0 Å².